The molecule has 0 radical (unpaired) electrons. The Bertz CT molecular complexity index is 1170. The highest BCUT2D eigenvalue weighted by molar-refractivity contribution is 5.79. The van der Waals surface area contributed by atoms with Gasteiger partial charge in [0, 0.05) is 25.6 Å². The number of aromatic nitrogens is 4. The number of ether oxygens (including phenoxy) is 2. The number of amides is 1. The van der Waals surface area contributed by atoms with E-state index in [1.807, 2.05) is 23.1 Å². The van der Waals surface area contributed by atoms with E-state index in [2.05, 4.69) is 20.6 Å². The standard InChI is InChI=1S/C21H21F3N6O3/c22-21(23,24)20-27-26-17-3-4-18(28-30(17)20)29-7-5-14(6-8-29)19(31)25-12-13-1-2-15-16(11-13)33-10-9-32-15/h1-4,11,14H,5-10,12H2,(H,25,31). The molecule has 3 aromatic rings. The van der Waals surface area contributed by atoms with Crippen molar-refractivity contribution >= 4 is 17.4 Å². The fraction of sp³-hybridized carbons (Fsp3) is 0.429. The third kappa shape index (κ3) is 4.37. The van der Waals surface area contributed by atoms with E-state index in [1.54, 1.807) is 6.07 Å². The maximum absolute atomic E-state index is 13.1. The predicted octanol–water partition coefficient (Wildman–Crippen LogP) is 2.45. The molecular weight excluding hydrogens is 441 g/mol. The zero-order valence-corrected chi connectivity index (χ0v) is 17.5. The lowest BCUT2D eigenvalue weighted by molar-refractivity contribution is -0.146. The van der Waals surface area contributed by atoms with Crippen LogP contribution < -0.4 is 19.7 Å². The monoisotopic (exact) mass is 462 g/mol. The second-order valence-electron chi connectivity index (χ2n) is 7.94. The third-order valence-electron chi connectivity index (χ3n) is 5.77. The van der Waals surface area contributed by atoms with Crippen LogP contribution in [0.1, 0.15) is 24.2 Å². The van der Waals surface area contributed by atoms with Crippen LogP contribution in [-0.2, 0) is 17.5 Å². The third-order valence-corrected chi connectivity index (χ3v) is 5.77. The molecule has 1 N–H and O–H groups in total. The number of carbonyl (C=O) groups excluding carboxylic acids is 1. The van der Waals surface area contributed by atoms with Crippen LogP contribution in [0, 0.1) is 5.92 Å². The van der Waals surface area contributed by atoms with Crippen LogP contribution in [0.5, 0.6) is 11.5 Å². The van der Waals surface area contributed by atoms with Crippen LogP contribution in [0.4, 0.5) is 19.0 Å². The Morgan fingerprint density at radius 2 is 1.82 bits per heavy atom. The number of alkyl halides is 3. The molecule has 0 unspecified atom stereocenters. The average Bonchev–Trinajstić information content (AvgIpc) is 3.26. The number of piperidine rings is 1. The first-order valence-electron chi connectivity index (χ1n) is 10.6. The second kappa shape index (κ2) is 8.41. The van der Waals surface area contributed by atoms with Crippen molar-refractivity contribution in [2.75, 3.05) is 31.2 Å². The fourth-order valence-corrected chi connectivity index (χ4v) is 4.03. The Morgan fingerprint density at radius 1 is 1.06 bits per heavy atom. The average molecular weight is 462 g/mol. The molecule has 1 fully saturated rings. The van der Waals surface area contributed by atoms with Gasteiger partial charge in [-0.25, -0.2) is 0 Å². The highest BCUT2D eigenvalue weighted by Crippen LogP contribution is 2.31. The molecule has 33 heavy (non-hydrogen) atoms. The van der Waals surface area contributed by atoms with Crippen molar-refractivity contribution in [3.8, 4) is 11.5 Å². The summed E-state index contributed by atoms with van der Waals surface area (Å²) in [6, 6.07) is 8.65. The number of hydrogen-bond acceptors (Lipinski definition) is 7. The molecule has 1 aromatic carbocycles. The number of halogens is 3. The normalized spacial score (nSPS) is 16.8. The fourth-order valence-electron chi connectivity index (χ4n) is 4.03. The Morgan fingerprint density at radius 3 is 2.58 bits per heavy atom. The molecule has 2 aliphatic rings. The molecule has 9 nitrogen and oxygen atoms in total. The van der Waals surface area contributed by atoms with Gasteiger partial charge in [-0.1, -0.05) is 6.07 Å². The summed E-state index contributed by atoms with van der Waals surface area (Å²) in [7, 11) is 0. The molecule has 0 spiro atoms. The van der Waals surface area contributed by atoms with Gasteiger partial charge in [-0.15, -0.1) is 15.3 Å². The van der Waals surface area contributed by atoms with E-state index in [0.29, 0.717) is 67.5 Å². The van der Waals surface area contributed by atoms with Crippen molar-refractivity contribution in [1.82, 2.24) is 25.1 Å². The number of hydrogen-bond donors (Lipinski definition) is 1. The van der Waals surface area contributed by atoms with E-state index in [0.717, 1.165) is 5.56 Å². The minimum atomic E-state index is -4.65. The van der Waals surface area contributed by atoms with Crippen LogP contribution in [0.15, 0.2) is 30.3 Å². The van der Waals surface area contributed by atoms with Gasteiger partial charge >= 0.3 is 6.18 Å². The van der Waals surface area contributed by atoms with Crippen molar-refractivity contribution in [3.05, 3.63) is 41.7 Å². The summed E-state index contributed by atoms with van der Waals surface area (Å²) in [5.41, 5.74) is 0.941. The van der Waals surface area contributed by atoms with E-state index in [4.69, 9.17) is 9.47 Å². The number of benzene rings is 1. The SMILES string of the molecule is O=C(NCc1ccc2c(c1)OCCO2)C1CCN(c2ccc3nnc(C(F)(F)F)n3n2)CC1. The first-order chi connectivity index (χ1) is 15.9. The molecule has 5 rings (SSSR count). The maximum Gasteiger partial charge on any atom is 0.453 e. The topological polar surface area (TPSA) is 93.9 Å². The molecule has 2 aromatic heterocycles. The molecule has 0 atom stereocenters. The molecular formula is C21H21F3N6O3. The van der Waals surface area contributed by atoms with Crippen molar-refractivity contribution in [3.63, 3.8) is 0 Å². The van der Waals surface area contributed by atoms with Gasteiger partial charge in [0.25, 0.3) is 5.82 Å². The van der Waals surface area contributed by atoms with Crippen LogP contribution in [0.3, 0.4) is 0 Å². The molecule has 0 saturated carbocycles. The van der Waals surface area contributed by atoms with Gasteiger partial charge in [0.2, 0.25) is 5.91 Å². The number of rotatable bonds is 4. The maximum atomic E-state index is 13.1. The Balaban J connectivity index is 1.18. The van der Waals surface area contributed by atoms with Crippen molar-refractivity contribution < 1.29 is 27.4 Å². The molecule has 12 heteroatoms. The summed E-state index contributed by atoms with van der Waals surface area (Å²) in [5.74, 6) is 0.376. The molecule has 1 amide bonds. The van der Waals surface area contributed by atoms with Crippen molar-refractivity contribution in [1.29, 1.82) is 0 Å². The zero-order valence-electron chi connectivity index (χ0n) is 17.5. The molecule has 4 heterocycles. The van der Waals surface area contributed by atoms with Gasteiger partial charge in [0.05, 0.1) is 0 Å². The molecule has 174 valence electrons. The lowest BCUT2D eigenvalue weighted by Gasteiger charge is -2.32. The van der Waals surface area contributed by atoms with Gasteiger partial charge in [0.1, 0.15) is 19.0 Å². The van der Waals surface area contributed by atoms with E-state index >= 15 is 0 Å². The lowest BCUT2D eigenvalue weighted by atomic mass is 9.96. The first-order valence-corrected chi connectivity index (χ1v) is 10.6. The number of nitrogens with zero attached hydrogens (tertiary/aromatic N) is 5. The molecule has 1 saturated heterocycles. The van der Waals surface area contributed by atoms with Crippen LogP contribution >= 0.6 is 0 Å². The number of anilines is 1. The Labute approximate surface area is 186 Å². The van der Waals surface area contributed by atoms with Gasteiger partial charge in [-0.3, -0.25) is 4.79 Å². The molecule has 0 bridgehead atoms. The number of fused-ring (bicyclic) bond motifs is 2. The van der Waals surface area contributed by atoms with Gasteiger partial charge in [0.15, 0.2) is 17.1 Å². The summed E-state index contributed by atoms with van der Waals surface area (Å²) in [5, 5.41) is 13.8. The minimum Gasteiger partial charge on any atom is -0.486 e. The van der Waals surface area contributed by atoms with Crippen LogP contribution in [-0.4, -0.2) is 52.0 Å². The van der Waals surface area contributed by atoms with Gasteiger partial charge in [-0.05, 0) is 42.7 Å². The second-order valence-corrected chi connectivity index (χ2v) is 7.94. The van der Waals surface area contributed by atoms with E-state index < -0.39 is 12.0 Å². The Hall–Kier alpha value is -3.57. The minimum absolute atomic E-state index is 0.0273. The first kappa shape index (κ1) is 21.3. The summed E-state index contributed by atoms with van der Waals surface area (Å²) in [6.07, 6.45) is -3.50. The van der Waals surface area contributed by atoms with Gasteiger partial charge in [-0.2, -0.15) is 17.7 Å². The lowest BCUT2D eigenvalue weighted by Crippen LogP contribution is -2.40. The Kier molecular flexibility index (Phi) is 5.43. The predicted molar refractivity (Wildman–Crippen MR) is 110 cm³/mol. The summed E-state index contributed by atoms with van der Waals surface area (Å²) in [4.78, 5) is 14.5. The number of nitrogens with one attached hydrogen (secondary N) is 1. The van der Waals surface area contributed by atoms with E-state index in [1.165, 1.54) is 6.07 Å². The summed E-state index contributed by atoms with van der Waals surface area (Å²) in [6.45, 7) is 2.40. The van der Waals surface area contributed by atoms with Crippen molar-refractivity contribution in [2.45, 2.75) is 25.6 Å². The highest BCUT2D eigenvalue weighted by atomic mass is 19.4. The largest absolute Gasteiger partial charge is 0.486 e. The highest BCUT2D eigenvalue weighted by Gasteiger charge is 2.38. The quantitative estimate of drug-likeness (QED) is 0.637. The molecule has 0 aliphatic carbocycles. The molecule has 2 aliphatic heterocycles. The van der Waals surface area contributed by atoms with Crippen LogP contribution in [0.2, 0.25) is 0 Å². The summed E-state index contributed by atoms with van der Waals surface area (Å²) >= 11 is 0. The van der Waals surface area contributed by atoms with Crippen molar-refractivity contribution in [2.24, 2.45) is 5.92 Å². The summed E-state index contributed by atoms with van der Waals surface area (Å²) < 4.78 is 51.1. The zero-order chi connectivity index (χ0) is 23.0. The smallest absolute Gasteiger partial charge is 0.453 e. The van der Waals surface area contributed by atoms with Gasteiger partial charge < -0.3 is 19.7 Å². The number of carbonyl (C=O) groups is 1. The van der Waals surface area contributed by atoms with E-state index in [9.17, 15) is 18.0 Å². The van der Waals surface area contributed by atoms with E-state index in [-0.39, 0.29) is 17.5 Å². The van der Waals surface area contributed by atoms with Crippen LogP contribution in [0.25, 0.3) is 5.65 Å².